The number of nitrogens with one attached hydrogen (secondary N) is 1. The number of benzene rings is 1. The predicted octanol–water partition coefficient (Wildman–Crippen LogP) is 4.65. The molecular weight excluding hydrogens is 278 g/mol. The number of ether oxygens (including phenoxy) is 1. The van der Waals surface area contributed by atoms with Crippen molar-refractivity contribution in [1.29, 1.82) is 0 Å². The summed E-state index contributed by atoms with van der Waals surface area (Å²) in [4.78, 5) is 1.13. The topological polar surface area (TPSA) is 21.3 Å². The monoisotopic (exact) mass is 295 g/mol. The number of rotatable bonds is 6. The maximum atomic E-state index is 5.88. The van der Waals surface area contributed by atoms with Gasteiger partial charge in [0.2, 0.25) is 0 Å². The summed E-state index contributed by atoms with van der Waals surface area (Å²) in [6.45, 7) is 5.81. The first-order valence-electron chi connectivity index (χ1n) is 6.39. The van der Waals surface area contributed by atoms with Crippen LogP contribution < -0.4 is 10.1 Å². The van der Waals surface area contributed by atoms with E-state index in [1.54, 1.807) is 11.3 Å². The molecule has 0 aliphatic carbocycles. The van der Waals surface area contributed by atoms with E-state index >= 15 is 0 Å². The molecule has 2 rings (SSSR count). The lowest BCUT2D eigenvalue weighted by Crippen LogP contribution is -2.17. The Morgan fingerprint density at radius 3 is 2.53 bits per heavy atom. The van der Waals surface area contributed by atoms with Crippen molar-refractivity contribution in [2.24, 2.45) is 0 Å². The summed E-state index contributed by atoms with van der Waals surface area (Å²) in [5.74, 6) is 0.886. The van der Waals surface area contributed by atoms with E-state index in [1.165, 1.54) is 5.56 Å². The van der Waals surface area contributed by atoms with E-state index in [0.717, 1.165) is 21.5 Å². The summed E-state index contributed by atoms with van der Waals surface area (Å²) in [6, 6.07) is 12.5. The standard InChI is InChI=1S/C15H18ClNOS/c1-3-17-11(2)12-4-6-13(7-5-12)18-10-14-8-9-15(16)19-14/h4-9,11,17H,3,10H2,1-2H3. The van der Waals surface area contributed by atoms with Crippen molar-refractivity contribution >= 4 is 22.9 Å². The Balaban J connectivity index is 1.91. The molecular formula is C15H18ClNOS. The Hall–Kier alpha value is -1.03. The van der Waals surface area contributed by atoms with Crippen LogP contribution in [0.2, 0.25) is 4.34 Å². The molecule has 4 heteroatoms. The molecule has 2 nitrogen and oxygen atoms in total. The summed E-state index contributed by atoms with van der Waals surface area (Å²) in [6.07, 6.45) is 0. The van der Waals surface area contributed by atoms with Crippen LogP contribution in [0.15, 0.2) is 36.4 Å². The highest BCUT2D eigenvalue weighted by molar-refractivity contribution is 7.16. The number of hydrogen-bond donors (Lipinski definition) is 1. The third-order valence-electron chi connectivity index (χ3n) is 2.90. The highest BCUT2D eigenvalue weighted by atomic mass is 35.5. The number of thiophene rings is 1. The first-order chi connectivity index (χ1) is 9.19. The van der Waals surface area contributed by atoms with Gasteiger partial charge in [-0.3, -0.25) is 0 Å². The third-order valence-corrected chi connectivity index (χ3v) is 4.11. The van der Waals surface area contributed by atoms with Crippen LogP contribution in [0.25, 0.3) is 0 Å². The van der Waals surface area contributed by atoms with Crippen molar-refractivity contribution in [3.63, 3.8) is 0 Å². The molecule has 0 spiro atoms. The van der Waals surface area contributed by atoms with E-state index in [4.69, 9.17) is 16.3 Å². The Morgan fingerprint density at radius 2 is 1.95 bits per heavy atom. The summed E-state index contributed by atoms with van der Waals surface area (Å²) >= 11 is 7.44. The van der Waals surface area contributed by atoms with Crippen molar-refractivity contribution in [2.75, 3.05) is 6.54 Å². The molecule has 0 saturated heterocycles. The quantitative estimate of drug-likeness (QED) is 0.837. The molecule has 1 unspecified atom stereocenters. The van der Waals surface area contributed by atoms with Crippen LogP contribution in [-0.4, -0.2) is 6.54 Å². The van der Waals surface area contributed by atoms with Gasteiger partial charge in [0.1, 0.15) is 12.4 Å². The van der Waals surface area contributed by atoms with Crippen molar-refractivity contribution in [3.05, 3.63) is 51.2 Å². The molecule has 0 radical (unpaired) electrons. The lowest BCUT2D eigenvalue weighted by atomic mass is 10.1. The number of halogens is 1. The van der Waals surface area contributed by atoms with Gasteiger partial charge >= 0.3 is 0 Å². The van der Waals surface area contributed by atoms with Crippen molar-refractivity contribution in [1.82, 2.24) is 5.32 Å². The van der Waals surface area contributed by atoms with E-state index < -0.39 is 0 Å². The first kappa shape index (κ1) is 14.4. The van der Waals surface area contributed by atoms with Crippen LogP contribution in [0.1, 0.15) is 30.3 Å². The van der Waals surface area contributed by atoms with Crippen LogP contribution in [-0.2, 0) is 6.61 Å². The fourth-order valence-corrected chi connectivity index (χ4v) is 2.86. The van der Waals surface area contributed by atoms with Gasteiger partial charge in [-0.2, -0.15) is 0 Å². The first-order valence-corrected chi connectivity index (χ1v) is 7.59. The molecule has 0 aliphatic rings. The van der Waals surface area contributed by atoms with Gasteiger partial charge in [0.05, 0.1) is 4.34 Å². The zero-order valence-electron chi connectivity index (χ0n) is 11.2. The Morgan fingerprint density at radius 1 is 1.21 bits per heavy atom. The zero-order chi connectivity index (χ0) is 13.7. The van der Waals surface area contributed by atoms with E-state index in [0.29, 0.717) is 12.6 Å². The van der Waals surface area contributed by atoms with Crippen LogP contribution in [0.5, 0.6) is 5.75 Å². The highest BCUT2D eigenvalue weighted by Gasteiger charge is 2.04. The van der Waals surface area contributed by atoms with Gasteiger partial charge in [0.15, 0.2) is 0 Å². The van der Waals surface area contributed by atoms with Crippen molar-refractivity contribution in [3.8, 4) is 5.75 Å². The molecule has 0 fully saturated rings. The molecule has 0 aliphatic heterocycles. The van der Waals surface area contributed by atoms with E-state index in [2.05, 4.69) is 31.3 Å². The molecule has 0 saturated carbocycles. The molecule has 1 atom stereocenters. The summed E-state index contributed by atoms with van der Waals surface area (Å²) < 4.78 is 6.53. The molecule has 0 amide bonds. The zero-order valence-corrected chi connectivity index (χ0v) is 12.7. The second-order valence-corrected chi connectivity index (χ2v) is 6.14. The van der Waals surface area contributed by atoms with Crippen LogP contribution in [0.4, 0.5) is 0 Å². The molecule has 1 heterocycles. The molecule has 19 heavy (non-hydrogen) atoms. The minimum atomic E-state index is 0.371. The minimum Gasteiger partial charge on any atom is -0.488 e. The molecule has 1 aromatic carbocycles. The molecule has 1 N–H and O–H groups in total. The number of hydrogen-bond acceptors (Lipinski definition) is 3. The van der Waals surface area contributed by atoms with Gasteiger partial charge in [-0.05, 0) is 43.3 Å². The summed E-state index contributed by atoms with van der Waals surface area (Å²) in [5.41, 5.74) is 1.27. The molecule has 1 aromatic heterocycles. The predicted molar refractivity (Wildman–Crippen MR) is 82.2 cm³/mol. The van der Waals surface area contributed by atoms with Crippen LogP contribution in [0, 0.1) is 0 Å². The minimum absolute atomic E-state index is 0.371. The van der Waals surface area contributed by atoms with Crippen LogP contribution >= 0.6 is 22.9 Å². The van der Waals surface area contributed by atoms with Gasteiger partial charge in [0, 0.05) is 10.9 Å². The van der Waals surface area contributed by atoms with E-state index in [-0.39, 0.29) is 0 Å². The second-order valence-electron chi connectivity index (χ2n) is 4.34. The molecule has 102 valence electrons. The fourth-order valence-electron chi connectivity index (χ4n) is 1.86. The molecule has 0 bridgehead atoms. The van der Waals surface area contributed by atoms with Gasteiger partial charge in [-0.15, -0.1) is 11.3 Å². The summed E-state index contributed by atoms with van der Waals surface area (Å²) in [7, 11) is 0. The van der Waals surface area contributed by atoms with Gasteiger partial charge in [-0.1, -0.05) is 30.7 Å². The maximum Gasteiger partial charge on any atom is 0.122 e. The third kappa shape index (κ3) is 4.23. The Labute approximate surface area is 123 Å². The lowest BCUT2D eigenvalue weighted by Gasteiger charge is -2.13. The second kappa shape index (κ2) is 6.94. The highest BCUT2D eigenvalue weighted by Crippen LogP contribution is 2.23. The van der Waals surface area contributed by atoms with E-state index in [1.807, 2.05) is 24.3 Å². The van der Waals surface area contributed by atoms with Gasteiger partial charge in [-0.25, -0.2) is 0 Å². The van der Waals surface area contributed by atoms with Crippen LogP contribution in [0.3, 0.4) is 0 Å². The lowest BCUT2D eigenvalue weighted by molar-refractivity contribution is 0.309. The average Bonchev–Trinajstić information content (AvgIpc) is 2.83. The maximum absolute atomic E-state index is 5.88. The van der Waals surface area contributed by atoms with Gasteiger partial charge < -0.3 is 10.1 Å². The largest absolute Gasteiger partial charge is 0.488 e. The normalized spacial score (nSPS) is 12.4. The van der Waals surface area contributed by atoms with Crippen molar-refractivity contribution < 1.29 is 4.74 Å². The Bertz CT molecular complexity index is 509. The Kier molecular flexibility index (Phi) is 5.25. The van der Waals surface area contributed by atoms with Gasteiger partial charge in [0.25, 0.3) is 0 Å². The SMILES string of the molecule is CCNC(C)c1ccc(OCc2ccc(Cl)s2)cc1. The summed E-state index contributed by atoms with van der Waals surface area (Å²) in [5, 5.41) is 3.39. The average molecular weight is 296 g/mol. The smallest absolute Gasteiger partial charge is 0.122 e. The van der Waals surface area contributed by atoms with E-state index in [9.17, 15) is 0 Å². The molecule has 2 aromatic rings. The fraction of sp³-hybridized carbons (Fsp3) is 0.333. The van der Waals surface area contributed by atoms with Crippen molar-refractivity contribution in [2.45, 2.75) is 26.5 Å².